The van der Waals surface area contributed by atoms with Crippen LogP contribution in [0, 0.1) is 13.8 Å². The first-order chi connectivity index (χ1) is 11.9. The van der Waals surface area contributed by atoms with Crippen LogP contribution in [0.25, 0.3) is 0 Å². The molecule has 0 aliphatic heterocycles. The van der Waals surface area contributed by atoms with Gasteiger partial charge in [-0.2, -0.15) is 8.78 Å². The first-order valence-corrected chi connectivity index (χ1v) is 8.29. The number of nitrogens with one attached hydrogen (secondary N) is 2. The molecule has 0 atom stereocenters. The van der Waals surface area contributed by atoms with Crippen LogP contribution in [-0.4, -0.2) is 24.6 Å². The molecule has 2 rings (SSSR count). The van der Waals surface area contributed by atoms with Crippen LogP contribution in [0.1, 0.15) is 22.9 Å². The molecular weight excluding hydrogens is 525 g/mol. The zero-order valence-corrected chi connectivity index (χ0v) is 18.4. The molecule has 2 N–H and O–H groups in total. The third-order valence-corrected chi connectivity index (χ3v) is 3.88. The third kappa shape index (κ3) is 6.71. The van der Waals surface area contributed by atoms with Crippen molar-refractivity contribution < 1.29 is 17.9 Å². The number of guanidine groups is 1. The fourth-order valence-electron chi connectivity index (χ4n) is 2.07. The van der Waals surface area contributed by atoms with Crippen LogP contribution in [0.3, 0.4) is 0 Å². The molecule has 10 heteroatoms. The number of ether oxygens (including phenoxy) is 1. The van der Waals surface area contributed by atoms with E-state index in [1.165, 1.54) is 6.07 Å². The number of rotatable bonds is 6. The highest BCUT2D eigenvalue weighted by molar-refractivity contribution is 14.0. The van der Waals surface area contributed by atoms with Crippen molar-refractivity contribution >= 4 is 45.9 Å². The SMILES string of the molecule is CN=C(NCc1nc(C)c(C)o1)NCc1cc(Br)ccc1OC(F)F.I. The van der Waals surface area contributed by atoms with Crippen LogP contribution in [0.5, 0.6) is 5.75 Å². The average molecular weight is 545 g/mol. The molecule has 0 fully saturated rings. The van der Waals surface area contributed by atoms with Gasteiger partial charge in [0.25, 0.3) is 0 Å². The highest BCUT2D eigenvalue weighted by Crippen LogP contribution is 2.24. The van der Waals surface area contributed by atoms with Gasteiger partial charge in [0.15, 0.2) is 5.96 Å². The molecule has 0 radical (unpaired) electrons. The Morgan fingerprint density at radius 1 is 1.31 bits per heavy atom. The normalized spacial score (nSPS) is 11.3. The largest absolute Gasteiger partial charge is 0.444 e. The van der Waals surface area contributed by atoms with E-state index in [0.29, 0.717) is 24.0 Å². The summed E-state index contributed by atoms with van der Waals surface area (Å²) in [6.07, 6.45) is 0. The molecule has 0 spiro atoms. The van der Waals surface area contributed by atoms with E-state index in [1.54, 1.807) is 19.2 Å². The van der Waals surface area contributed by atoms with E-state index in [1.807, 2.05) is 13.8 Å². The fourth-order valence-corrected chi connectivity index (χ4v) is 2.48. The van der Waals surface area contributed by atoms with Gasteiger partial charge in [-0.3, -0.25) is 4.99 Å². The lowest BCUT2D eigenvalue weighted by atomic mass is 10.2. The van der Waals surface area contributed by atoms with Gasteiger partial charge in [-0.25, -0.2) is 4.98 Å². The number of aromatic nitrogens is 1. The number of hydrogen-bond donors (Lipinski definition) is 2. The Hall–Kier alpha value is -1.43. The second-order valence-corrected chi connectivity index (χ2v) is 6.07. The van der Waals surface area contributed by atoms with Crippen LogP contribution in [0.4, 0.5) is 8.78 Å². The van der Waals surface area contributed by atoms with Gasteiger partial charge < -0.3 is 19.8 Å². The molecule has 1 heterocycles. The van der Waals surface area contributed by atoms with E-state index in [2.05, 4.69) is 41.3 Å². The summed E-state index contributed by atoms with van der Waals surface area (Å²) in [5, 5.41) is 6.10. The van der Waals surface area contributed by atoms with Crippen molar-refractivity contribution in [3.8, 4) is 5.75 Å². The molecule has 0 saturated carbocycles. The Balaban J connectivity index is 0.00000338. The second kappa shape index (κ2) is 10.7. The highest BCUT2D eigenvalue weighted by atomic mass is 127. The van der Waals surface area contributed by atoms with Gasteiger partial charge in [-0.15, -0.1) is 24.0 Å². The van der Waals surface area contributed by atoms with Gasteiger partial charge in [0, 0.05) is 23.6 Å². The number of hydrogen-bond acceptors (Lipinski definition) is 4. The lowest BCUT2D eigenvalue weighted by Crippen LogP contribution is -2.36. The summed E-state index contributed by atoms with van der Waals surface area (Å²) in [7, 11) is 1.61. The first kappa shape index (κ1) is 22.6. The lowest BCUT2D eigenvalue weighted by Gasteiger charge is -2.14. The van der Waals surface area contributed by atoms with E-state index in [0.717, 1.165) is 15.9 Å². The zero-order chi connectivity index (χ0) is 18.4. The number of halogens is 4. The molecule has 6 nitrogen and oxygen atoms in total. The predicted molar refractivity (Wildman–Crippen MR) is 109 cm³/mol. The quantitative estimate of drug-likeness (QED) is 0.325. The third-order valence-electron chi connectivity index (χ3n) is 3.39. The molecule has 144 valence electrons. The summed E-state index contributed by atoms with van der Waals surface area (Å²) in [6, 6.07) is 4.84. The van der Waals surface area contributed by atoms with Crippen molar-refractivity contribution in [2.45, 2.75) is 33.5 Å². The van der Waals surface area contributed by atoms with Crippen LogP contribution < -0.4 is 15.4 Å². The van der Waals surface area contributed by atoms with Crippen LogP contribution in [-0.2, 0) is 13.1 Å². The van der Waals surface area contributed by atoms with Gasteiger partial charge in [-0.05, 0) is 32.0 Å². The minimum atomic E-state index is -2.88. The standard InChI is InChI=1S/C16H19BrF2N4O2.HI/c1-9-10(2)24-14(23-9)8-22-16(20-3)21-7-11-6-12(17)4-5-13(11)25-15(18)19;/h4-6,15H,7-8H2,1-3H3,(H2,20,21,22);1H. The molecule has 0 amide bonds. The molecule has 1 aromatic carbocycles. The van der Waals surface area contributed by atoms with Crippen LogP contribution in [0.15, 0.2) is 32.1 Å². The van der Waals surface area contributed by atoms with Crippen molar-refractivity contribution in [3.05, 3.63) is 45.6 Å². The van der Waals surface area contributed by atoms with Crippen molar-refractivity contribution in [2.75, 3.05) is 7.05 Å². The fraction of sp³-hybridized carbons (Fsp3) is 0.375. The summed E-state index contributed by atoms with van der Waals surface area (Å²) in [4.78, 5) is 8.36. The molecule has 1 aromatic heterocycles. The Morgan fingerprint density at radius 3 is 2.58 bits per heavy atom. The van der Waals surface area contributed by atoms with Crippen molar-refractivity contribution in [2.24, 2.45) is 4.99 Å². The van der Waals surface area contributed by atoms with Crippen LogP contribution in [0.2, 0.25) is 0 Å². The van der Waals surface area contributed by atoms with Gasteiger partial charge in [0.05, 0.1) is 12.2 Å². The maximum atomic E-state index is 12.5. The predicted octanol–water partition coefficient (Wildman–Crippen LogP) is 4.14. The highest BCUT2D eigenvalue weighted by Gasteiger charge is 2.11. The molecule has 0 saturated heterocycles. The minimum Gasteiger partial charge on any atom is -0.444 e. The number of alkyl halides is 2. The van der Waals surface area contributed by atoms with E-state index in [4.69, 9.17) is 4.42 Å². The summed E-state index contributed by atoms with van der Waals surface area (Å²) >= 11 is 3.32. The van der Waals surface area contributed by atoms with E-state index >= 15 is 0 Å². The molecule has 0 bridgehead atoms. The maximum absolute atomic E-state index is 12.5. The van der Waals surface area contributed by atoms with E-state index in [-0.39, 0.29) is 36.3 Å². The van der Waals surface area contributed by atoms with Gasteiger partial charge in [-0.1, -0.05) is 15.9 Å². The lowest BCUT2D eigenvalue weighted by molar-refractivity contribution is -0.0504. The summed E-state index contributed by atoms with van der Waals surface area (Å²) < 4.78 is 35.8. The number of aliphatic imine (C=N–C) groups is 1. The summed E-state index contributed by atoms with van der Waals surface area (Å²) in [6.45, 7) is 1.44. The second-order valence-electron chi connectivity index (χ2n) is 5.16. The Labute approximate surface area is 176 Å². The van der Waals surface area contributed by atoms with Crippen molar-refractivity contribution in [1.29, 1.82) is 0 Å². The molecule has 2 aromatic rings. The first-order valence-electron chi connectivity index (χ1n) is 7.49. The van der Waals surface area contributed by atoms with Crippen molar-refractivity contribution in [1.82, 2.24) is 15.6 Å². The Kier molecular flexibility index (Phi) is 9.27. The molecule has 0 aliphatic rings. The van der Waals surface area contributed by atoms with Gasteiger partial charge in [0.1, 0.15) is 11.5 Å². The zero-order valence-electron chi connectivity index (χ0n) is 14.5. The molecule has 26 heavy (non-hydrogen) atoms. The van der Waals surface area contributed by atoms with E-state index < -0.39 is 6.61 Å². The monoisotopic (exact) mass is 544 g/mol. The molecule has 0 aliphatic carbocycles. The molecular formula is C16H20BrF2IN4O2. The number of benzene rings is 1. The van der Waals surface area contributed by atoms with Crippen LogP contribution >= 0.6 is 39.9 Å². The van der Waals surface area contributed by atoms with E-state index in [9.17, 15) is 8.78 Å². The Morgan fingerprint density at radius 2 is 2.00 bits per heavy atom. The summed E-state index contributed by atoms with van der Waals surface area (Å²) in [5.41, 5.74) is 1.41. The van der Waals surface area contributed by atoms with Gasteiger partial charge >= 0.3 is 6.61 Å². The van der Waals surface area contributed by atoms with Crippen molar-refractivity contribution in [3.63, 3.8) is 0 Å². The maximum Gasteiger partial charge on any atom is 0.387 e. The minimum absolute atomic E-state index is 0. The smallest absolute Gasteiger partial charge is 0.387 e. The number of nitrogens with zero attached hydrogens (tertiary/aromatic N) is 2. The number of oxazole rings is 1. The topological polar surface area (TPSA) is 71.7 Å². The Bertz CT molecular complexity index is 736. The average Bonchev–Trinajstić information content (AvgIpc) is 2.88. The molecule has 0 unspecified atom stereocenters. The number of aryl methyl sites for hydroxylation is 2. The summed E-state index contributed by atoms with van der Waals surface area (Å²) in [5.74, 6) is 1.90. The van der Waals surface area contributed by atoms with Gasteiger partial charge in [0.2, 0.25) is 5.89 Å².